The Morgan fingerprint density at radius 2 is 1.85 bits per heavy atom. The monoisotopic (exact) mass is 295 g/mol. The number of rotatable bonds is 3. The van der Waals surface area contributed by atoms with E-state index in [1.54, 1.807) is 0 Å². The summed E-state index contributed by atoms with van der Waals surface area (Å²) in [7, 11) is -3.22. The normalized spacial score (nSPS) is 28.1. The summed E-state index contributed by atoms with van der Waals surface area (Å²) < 4.78 is 25.5. The van der Waals surface area contributed by atoms with E-state index in [4.69, 9.17) is 0 Å². The Kier molecular flexibility index (Phi) is 4.26. The van der Waals surface area contributed by atoms with Gasteiger partial charge in [-0.05, 0) is 50.8 Å². The lowest BCUT2D eigenvalue weighted by Gasteiger charge is -2.37. The molecule has 0 bridgehead atoms. The first-order chi connectivity index (χ1) is 9.30. The molecular weight excluding hydrogens is 270 g/mol. The smallest absolute Gasteiger partial charge is 0.181 e. The number of hydrogen-bond acceptors (Lipinski definition) is 3. The summed E-state index contributed by atoms with van der Waals surface area (Å²) in [6.45, 7) is 10.8. The van der Waals surface area contributed by atoms with Crippen molar-refractivity contribution in [3.8, 4) is 0 Å². The molecule has 0 spiro atoms. The van der Waals surface area contributed by atoms with Gasteiger partial charge in [0.25, 0.3) is 0 Å². The maximum absolute atomic E-state index is 12.7. The minimum Gasteiger partial charge on any atom is -0.310 e. The van der Waals surface area contributed by atoms with Crippen molar-refractivity contribution in [1.82, 2.24) is 5.32 Å². The van der Waals surface area contributed by atoms with Crippen molar-refractivity contribution in [2.75, 3.05) is 6.54 Å². The number of nitrogens with one attached hydrogen (secondary N) is 1. The van der Waals surface area contributed by atoms with Gasteiger partial charge in [-0.1, -0.05) is 31.5 Å². The molecule has 1 N–H and O–H groups in total. The minimum absolute atomic E-state index is 0.0836. The van der Waals surface area contributed by atoms with Crippen molar-refractivity contribution >= 4 is 9.84 Å². The molecule has 20 heavy (non-hydrogen) atoms. The molecule has 1 aromatic rings. The Bertz CT molecular complexity index is 607. The minimum atomic E-state index is -3.22. The first-order valence-electron chi connectivity index (χ1n) is 7.39. The second kappa shape index (κ2) is 5.49. The predicted molar refractivity (Wildman–Crippen MR) is 82.8 cm³/mol. The summed E-state index contributed by atoms with van der Waals surface area (Å²) >= 11 is 0. The number of benzene rings is 1. The molecule has 0 amide bonds. The van der Waals surface area contributed by atoms with E-state index in [0.717, 1.165) is 29.7 Å². The summed E-state index contributed by atoms with van der Waals surface area (Å²) in [5, 5.41) is 3.19. The molecule has 3 nitrogen and oxygen atoms in total. The zero-order valence-corrected chi connectivity index (χ0v) is 13.8. The van der Waals surface area contributed by atoms with Gasteiger partial charge in [0, 0.05) is 6.04 Å². The molecule has 0 saturated heterocycles. The van der Waals surface area contributed by atoms with Gasteiger partial charge in [-0.15, -0.1) is 0 Å². The summed E-state index contributed by atoms with van der Waals surface area (Å²) in [5.41, 5.74) is 2.96. The van der Waals surface area contributed by atoms with Crippen molar-refractivity contribution in [3.05, 3.63) is 28.8 Å². The van der Waals surface area contributed by atoms with E-state index in [1.165, 1.54) is 0 Å². The summed E-state index contributed by atoms with van der Waals surface area (Å²) in [5.74, 6) is 0.0836. The average molecular weight is 295 g/mol. The standard InChI is InChI=1S/C16H25NO2S/c1-6-7-17-15-12(4)13(5)20(18,19)16-11(3)8-10(2)9-14(15)16/h8-9,12-13,15,17H,6-7H2,1-5H3. The molecule has 2 rings (SSSR count). The second-order valence-electron chi connectivity index (χ2n) is 6.04. The number of aryl methyl sites for hydroxylation is 2. The second-order valence-corrected chi connectivity index (χ2v) is 8.28. The molecule has 1 aromatic carbocycles. The van der Waals surface area contributed by atoms with Crippen LogP contribution in [-0.4, -0.2) is 20.2 Å². The van der Waals surface area contributed by atoms with Crippen LogP contribution in [0.4, 0.5) is 0 Å². The van der Waals surface area contributed by atoms with Gasteiger partial charge in [0.1, 0.15) is 0 Å². The van der Waals surface area contributed by atoms with Crippen molar-refractivity contribution < 1.29 is 8.42 Å². The maximum Gasteiger partial charge on any atom is 0.181 e. The number of sulfone groups is 1. The largest absolute Gasteiger partial charge is 0.310 e. The van der Waals surface area contributed by atoms with Crippen molar-refractivity contribution in [1.29, 1.82) is 0 Å². The van der Waals surface area contributed by atoms with Crippen LogP contribution in [0.1, 0.15) is 49.9 Å². The predicted octanol–water partition coefficient (Wildman–Crippen LogP) is 3.16. The lowest BCUT2D eigenvalue weighted by molar-refractivity contribution is 0.358. The Balaban J connectivity index is 2.65. The van der Waals surface area contributed by atoms with Gasteiger partial charge in [-0.3, -0.25) is 0 Å². The highest BCUT2D eigenvalue weighted by atomic mass is 32.2. The van der Waals surface area contributed by atoms with E-state index in [1.807, 2.05) is 39.8 Å². The van der Waals surface area contributed by atoms with E-state index in [-0.39, 0.29) is 17.2 Å². The molecule has 0 aromatic heterocycles. The summed E-state index contributed by atoms with van der Waals surface area (Å²) in [4.78, 5) is 0.558. The molecular formula is C16H25NO2S. The fourth-order valence-electron chi connectivity index (χ4n) is 3.23. The quantitative estimate of drug-likeness (QED) is 0.931. The van der Waals surface area contributed by atoms with E-state index < -0.39 is 9.84 Å². The van der Waals surface area contributed by atoms with Gasteiger partial charge in [-0.25, -0.2) is 8.42 Å². The molecule has 0 aliphatic carbocycles. The van der Waals surface area contributed by atoms with E-state index in [2.05, 4.69) is 12.2 Å². The van der Waals surface area contributed by atoms with Crippen LogP contribution in [0, 0.1) is 19.8 Å². The van der Waals surface area contributed by atoms with Crippen LogP contribution in [0.5, 0.6) is 0 Å². The molecule has 112 valence electrons. The van der Waals surface area contributed by atoms with Crippen LogP contribution in [0.25, 0.3) is 0 Å². The lowest BCUT2D eigenvalue weighted by Crippen LogP contribution is -2.42. The van der Waals surface area contributed by atoms with Gasteiger partial charge in [0.05, 0.1) is 10.1 Å². The Labute approximate surface area is 122 Å². The van der Waals surface area contributed by atoms with Crippen LogP contribution in [0.15, 0.2) is 17.0 Å². The van der Waals surface area contributed by atoms with Crippen molar-refractivity contribution in [2.45, 2.75) is 57.2 Å². The third-order valence-electron chi connectivity index (χ3n) is 4.44. The molecule has 0 radical (unpaired) electrons. The first kappa shape index (κ1) is 15.5. The van der Waals surface area contributed by atoms with Crippen LogP contribution in [0.2, 0.25) is 0 Å². The summed E-state index contributed by atoms with van der Waals surface area (Å²) in [6, 6.07) is 4.13. The zero-order chi connectivity index (χ0) is 15.1. The third kappa shape index (κ3) is 2.40. The Morgan fingerprint density at radius 3 is 2.45 bits per heavy atom. The summed E-state index contributed by atoms with van der Waals surface area (Å²) in [6.07, 6.45) is 1.05. The van der Waals surface area contributed by atoms with Crippen molar-refractivity contribution in [3.63, 3.8) is 0 Å². The van der Waals surface area contributed by atoms with Gasteiger partial charge in [-0.2, -0.15) is 0 Å². The lowest BCUT2D eigenvalue weighted by atomic mass is 9.89. The molecule has 0 fully saturated rings. The number of fused-ring (bicyclic) bond motifs is 1. The highest BCUT2D eigenvalue weighted by molar-refractivity contribution is 7.92. The van der Waals surface area contributed by atoms with Crippen molar-refractivity contribution in [2.24, 2.45) is 5.92 Å². The molecule has 1 aliphatic heterocycles. The van der Waals surface area contributed by atoms with Gasteiger partial charge >= 0.3 is 0 Å². The third-order valence-corrected chi connectivity index (χ3v) is 6.97. The van der Waals surface area contributed by atoms with E-state index in [0.29, 0.717) is 4.90 Å². The molecule has 1 heterocycles. The molecule has 3 unspecified atom stereocenters. The topological polar surface area (TPSA) is 46.2 Å². The van der Waals surface area contributed by atoms with Gasteiger partial charge < -0.3 is 5.32 Å². The highest BCUT2D eigenvalue weighted by Crippen LogP contribution is 2.42. The van der Waals surface area contributed by atoms with Gasteiger partial charge in [0.2, 0.25) is 0 Å². The fraction of sp³-hybridized carbons (Fsp3) is 0.625. The molecule has 3 atom stereocenters. The van der Waals surface area contributed by atoms with E-state index >= 15 is 0 Å². The van der Waals surface area contributed by atoms with Crippen LogP contribution < -0.4 is 5.32 Å². The first-order valence-corrected chi connectivity index (χ1v) is 8.93. The zero-order valence-electron chi connectivity index (χ0n) is 13.0. The molecule has 1 aliphatic rings. The average Bonchev–Trinajstić information content (AvgIpc) is 2.35. The SMILES string of the molecule is CCCNC1c2cc(C)cc(C)c2S(=O)(=O)C(C)C1C. The van der Waals surface area contributed by atoms with Gasteiger partial charge in [0.15, 0.2) is 9.84 Å². The van der Waals surface area contributed by atoms with Crippen LogP contribution >= 0.6 is 0 Å². The Morgan fingerprint density at radius 1 is 1.20 bits per heavy atom. The highest BCUT2D eigenvalue weighted by Gasteiger charge is 2.42. The number of hydrogen-bond donors (Lipinski definition) is 1. The van der Waals surface area contributed by atoms with Crippen LogP contribution in [0.3, 0.4) is 0 Å². The molecule has 4 heteroatoms. The maximum atomic E-state index is 12.7. The van der Waals surface area contributed by atoms with E-state index in [9.17, 15) is 8.42 Å². The Hall–Kier alpha value is -0.870. The fourth-order valence-corrected chi connectivity index (χ4v) is 5.34. The van der Waals surface area contributed by atoms with Crippen LogP contribution in [-0.2, 0) is 9.84 Å². The molecule has 0 saturated carbocycles.